The maximum Gasteiger partial charge on any atom is 1.00 e. The first-order valence-electron chi connectivity index (χ1n) is 9.41. The number of amidine groups is 1. The number of morpholine rings is 2. The molecule has 10 nitrogen and oxygen atoms in total. The van der Waals surface area contributed by atoms with Crippen molar-refractivity contribution in [2.45, 2.75) is 0 Å². The van der Waals surface area contributed by atoms with Crippen molar-refractivity contribution in [3.8, 4) is 0 Å². The van der Waals surface area contributed by atoms with Gasteiger partial charge in [0.15, 0.2) is 5.11 Å². The van der Waals surface area contributed by atoms with Crippen molar-refractivity contribution in [3.05, 3.63) is 0 Å². The largest absolute Gasteiger partial charge is 1.00 e. The van der Waals surface area contributed by atoms with E-state index >= 15 is 0 Å². The number of ether oxygens (including phenoxy) is 2. The van der Waals surface area contributed by atoms with Crippen molar-refractivity contribution in [1.29, 1.82) is 0 Å². The molecule has 2 aliphatic rings. The topological polar surface area (TPSA) is 98.1 Å². The van der Waals surface area contributed by atoms with Gasteiger partial charge in [0, 0.05) is 52.4 Å². The molecule has 29 heavy (non-hydrogen) atoms. The van der Waals surface area contributed by atoms with Crippen LogP contribution in [0.25, 0.3) is 0 Å². The van der Waals surface area contributed by atoms with Gasteiger partial charge in [0.05, 0.1) is 38.9 Å². The van der Waals surface area contributed by atoms with Crippen LogP contribution in [0.1, 0.15) is 0 Å². The van der Waals surface area contributed by atoms with Crippen molar-refractivity contribution in [2.75, 3.05) is 78.8 Å². The number of nitrogens with zero attached hydrogens (tertiary/aromatic N) is 5. The summed E-state index contributed by atoms with van der Waals surface area (Å²) in [7, 11) is 0. The molecule has 0 saturated carbocycles. The zero-order valence-electron chi connectivity index (χ0n) is 16.3. The molecule has 0 aromatic carbocycles. The molecule has 0 radical (unpaired) electrons. The molecule has 2 fully saturated rings. The third-order valence-corrected chi connectivity index (χ3v) is 4.61. The Balaban J connectivity index is 0.00000420. The van der Waals surface area contributed by atoms with E-state index in [1.165, 1.54) is 12.4 Å². The van der Waals surface area contributed by atoms with Crippen LogP contribution in [0, 0.1) is 0 Å². The Labute approximate surface area is 193 Å². The molecule has 0 aromatic heterocycles. The molecular weight excluding hydrogens is 464 g/mol. The average molecular weight is 493 g/mol. The molecule has 2 aliphatic heterocycles. The molecular formula is C16H29CuN8O2S2. The van der Waals surface area contributed by atoms with Gasteiger partial charge in [0.25, 0.3) is 0 Å². The molecule has 2 heterocycles. The summed E-state index contributed by atoms with van der Waals surface area (Å²) in [5, 5.41) is 18.7. The van der Waals surface area contributed by atoms with E-state index in [1.54, 1.807) is 0 Å². The molecule has 0 bridgehead atoms. The molecule has 0 aromatic rings. The summed E-state index contributed by atoms with van der Waals surface area (Å²) in [6.45, 7) is 10.3. The molecule has 3 N–H and O–H groups in total. The number of thiocarbonyl (C=S) groups is 1. The zero-order valence-corrected chi connectivity index (χ0v) is 18.9. The maximum atomic E-state index is 5.31. The fraction of sp³-hybridized carbons (Fsp3) is 0.750. The van der Waals surface area contributed by atoms with Crippen LogP contribution in [0.4, 0.5) is 0 Å². The van der Waals surface area contributed by atoms with Gasteiger partial charge in [0.1, 0.15) is 0 Å². The van der Waals surface area contributed by atoms with Gasteiger partial charge in [-0.25, -0.2) is 0 Å². The molecule has 2 saturated heterocycles. The first-order chi connectivity index (χ1) is 13.7. The van der Waals surface area contributed by atoms with Crippen LogP contribution >= 0.6 is 12.2 Å². The monoisotopic (exact) mass is 492 g/mol. The molecule has 13 heteroatoms. The normalized spacial score (nSPS) is 19.2. The van der Waals surface area contributed by atoms with Gasteiger partial charge in [0.2, 0.25) is 0 Å². The number of rotatable bonds is 9. The third kappa shape index (κ3) is 13.1. The second-order valence-corrected chi connectivity index (χ2v) is 6.95. The van der Waals surface area contributed by atoms with Crippen molar-refractivity contribution in [1.82, 2.24) is 25.9 Å². The quantitative estimate of drug-likeness (QED) is 0.0894. The van der Waals surface area contributed by atoms with Crippen LogP contribution < -0.4 is 16.1 Å². The second kappa shape index (κ2) is 16.8. The number of hydrazone groups is 1. The summed E-state index contributed by atoms with van der Waals surface area (Å²) >= 11 is 10.3. The van der Waals surface area contributed by atoms with Gasteiger partial charge in [-0.3, -0.25) is 15.2 Å². The van der Waals surface area contributed by atoms with Gasteiger partial charge in [-0.2, -0.15) is 15.3 Å². The van der Waals surface area contributed by atoms with Crippen molar-refractivity contribution in [2.24, 2.45) is 15.3 Å². The minimum absolute atomic E-state index is 0. The standard InChI is InChI=1S/C16H30N8O2S2.Cu/c27-15(17-3-5-23-7-11-25-12-8-23)21-19-1-2-20-22-16(28)18-4-6-24-9-13-26-14-10-24;/h1-2H,3-14H2,(H2,17,21,27)(H2,18,22,28);/q;+1/p-1/b19-1+,20-2+;. The van der Waals surface area contributed by atoms with Crippen molar-refractivity contribution in [3.63, 3.8) is 0 Å². The van der Waals surface area contributed by atoms with Crippen LogP contribution in [0.5, 0.6) is 0 Å². The Hall–Kier alpha value is -0.921. The summed E-state index contributed by atoms with van der Waals surface area (Å²) in [4.78, 5) is 4.65. The molecule has 0 unspecified atom stereocenters. The Bertz CT molecular complexity index is 541. The zero-order chi connectivity index (χ0) is 19.9. The molecule has 0 atom stereocenters. The van der Waals surface area contributed by atoms with E-state index in [9.17, 15) is 0 Å². The summed E-state index contributed by atoms with van der Waals surface area (Å²) < 4.78 is 10.6. The number of hydrogen-bond donors (Lipinski definition) is 3. The summed E-state index contributed by atoms with van der Waals surface area (Å²) in [6, 6.07) is 0. The van der Waals surface area contributed by atoms with E-state index in [-0.39, 0.29) is 17.1 Å². The van der Waals surface area contributed by atoms with E-state index in [4.69, 9.17) is 34.3 Å². The van der Waals surface area contributed by atoms with Crippen LogP contribution in [0.3, 0.4) is 0 Å². The SMILES string of the molecule is S=C(NCCN1CCOCC1)N/N=C/C=N/N=C(\[S-])NCCN1CCOCC1.[Cu+]. The second-order valence-electron chi connectivity index (χ2n) is 6.15. The van der Waals surface area contributed by atoms with Crippen molar-refractivity contribution >= 4 is 47.6 Å². The maximum absolute atomic E-state index is 5.31. The molecule has 0 amide bonds. The number of nitrogens with one attached hydrogen (secondary N) is 3. The molecule has 0 spiro atoms. The van der Waals surface area contributed by atoms with E-state index in [2.05, 4.69) is 41.2 Å². The Morgan fingerprint density at radius 1 is 0.931 bits per heavy atom. The van der Waals surface area contributed by atoms with Gasteiger partial charge >= 0.3 is 17.1 Å². The average Bonchev–Trinajstić information content (AvgIpc) is 2.72. The Morgan fingerprint density at radius 2 is 1.48 bits per heavy atom. The first-order valence-corrected chi connectivity index (χ1v) is 10.2. The fourth-order valence-corrected chi connectivity index (χ4v) is 2.92. The van der Waals surface area contributed by atoms with Crippen molar-refractivity contribution < 1.29 is 26.5 Å². The van der Waals surface area contributed by atoms with E-state index in [0.29, 0.717) is 10.3 Å². The van der Waals surface area contributed by atoms with E-state index in [0.717, 1.165) is 78.8 Å². The third-order valence-electron chi connectivity index (χ3n) is 4.15. The summed E-state index contributed by atoms with van der Waals surface area (Å²) in [6.07, 6.45) is 2.91. The summed E-state index contributed by atoms with van der Waals surface area (Å²) in [5.41, 5.74) is 2.73. The smallest absolute Gasteiger partial charge is 0.741 e. The van der Waals surface area contributed by atoms with E-state index in [1.807, 2.05) is 0 Å². The summed E-state index contributed by atoms with van der Waals surface area (Å²) in [5.74, 6) is 0. The molecule has 2 rings (SSSR count). The van der Waals surface area contributed by atoms with Gasteiger partial charge in [-0.1, -0.05) is 0 Å². The van der Waals surface area contributed by atoms with Gasteiger partial charge < -0.3 is 32.7 Å². The van der Waals surface area contributed by atoms with Crippen LogP contribution in [-0.2, 0) is 39.2 Å². The van der Waals surface area contributed by atoms with Gasteiger partial charge in [-0.15, -0.1) is 0 Å². The van der Waals surface area contributed by atoms with Crippen LogP contribution in [-0.4, -0.2) is 111 Å². The predicted octanol–water partition coefficient (Wildman–Crippen LogP) is -1.42. The Kier molecular flexibility index (Phi) is 15.2. The predicted molar refractivity (Wildman–Crippen MR) is 118 cm³/mol. The number of hydrogen-bond acceptors (Lipinski definition) is 9. The molecule has 168 valence electrons. The Morgan fingerprint density at radius 3 is 2.07 bits per heavy atom. The van der Waals surface area contributed by atoms with E-state index < -0.39 is 0 Å². The van der Waals surface area contributed by atoms with Crippen LogP contribution in [0.2, 0.25) is 0 Å². The first kappa shape index (κ1) is 26.1. The van der Waals surface area contributed by atoms with Crippen LogP contribution in [0.15, 0.2) is 15.3 Å². The minimum Gasteiger partial charge on any atom is -0.741 e. The minimum atomic E-state index is 0. The molecule has 0 aliphatic carbocycles. The fourth-order valence-electron chi connectivity index (χ4n) is 2.62. The van der Waals surface area contributed by atoms with Gasteiger partial charge in [-0.05, 0) is 17.4 Å².